The second-order valence-corrected chi connectivity index (χ2v) is 7.38. The largest absolute Gasteiger partial charge is 0.465 e. The fraction of sp³-hybridized carbons (Fsp3) is 0.381. The highest BCUT2D eigenvalue weighted by molar-refractivity contribution is 9.10. The number of anilines is 1. The Morgan fingerprint density at radius 3 is 2.48 bits per heavy atom. The Morgan fingerprint density at radius 2 is 1.81 bits per heavy atom. The number of methoxy groups -OCH3 is 1. The molecule has 0 bridgehead atoms. The number of benzene rings is 2. The number of piperazine rings is 1. The maximum Gasteiger partial charge on any atom is 0.337 e. The minimum Gasteiger partial charge on any atom is -0.465 e. The van der Waals surface area contributed by atoms with Gasteiger partial charge in [-0.3, -0.25) is 4.90 Å². The van der Waals surface area contributed by atoms with Gasteiger partial charge < -0.3 is 14.4 Å². The first-order valence-electron chi connectivity index (χ1n) is 9.14. The summed E-state index contributed by atoms with van der Waals surface area (Å²) in [6.07, 6.45) is 0. The molecule has 6 heteroatoms. The minimum absolute atomic E-state index is 0.317. The first-order chi connectivity index (χ1) is 13.2. The van der Waals surface area contributed by atoms with Crippen molar-refractivity contribution < 1.29 is 14.3 Å². The van der Waals surface area contributed by atoms with E-state index in [1.54, 1.807) is 0 Å². The molecule has 0 unspecified atom stereocenters. The van der Waals surface area contributed by atoms with Gasteiger partial charge in [0, 0.05) is 37.2 Å². The number of carbonyl (C=O) groups excluding carboxylic acids is 1. The molecule has 0 N–H and O–H groups in total. The van der Waals surface area contributed by atoms with Crippen molar-refractivity contribution >= 4 is 27.6 Å². The average molecular weight is 433 g/mol. The van der Waals surface area contributed by atoms with Gasteiger partial charge in [0.1, 0.15) is 0 Å². The minimum atomic E-state index is -0.317. The maximum absolute atomic E-state index is 11.6. The maximum atomic E-state index is 11.6. The molecule has 27 heavy (non-hydrogen) atoms. The number of nitrogens with zero attached hydrogens (tertiary/aromatic N) is 2. The van der Waals surface area contributed by atoms with Crippen molar-refractivity contribution in [2.24, 2.45) is 0 Å². The molecule has 1 fully saturated rings. The summed E-state index contributed by atoms with van der Waals surface area (Å²) in [5.41, 5.74) is 2.88. The Balaban J connectivity index is 1.43. The van der Waals surface area contributed by atoms with E-state index in [4.69, 9.17) is 9.47 Å². The molecule has 0 atom stereocenters. The second-order valence-electron chi connectivity index (χ2n) is 6.52. The fourth-order valence-corrected chi connectivity index (χ4v) is 3.81. The van der Waals surface area contributed by atoms with Gasteiger partial charge >= 0.3 is 5.97 Å². The van der Waals surface area contributed by atoms with Crippen LogP contribution in [-0.2, 0) is 16.1 Å². The molecule has 0 saturated carbocycles. The van der Waals surface area contributed by atoms with E-state index >= 15 is 0 Å². The van der Waals surface area contributed by atoms with Gasteiger partial charge in [-0.15, -0.1) is 0 Å². The van der Waals surface area contributed by atoms with Gasteiger partial charge in [-0.05, 0) is 39.7 Å². The lowest BCUT2D eigenvalue weighted by Gasteiger charge is -2.36. The van der Waals surface area contributed by atoms with E-state index in [1.165, 1.54) is 12.7 Å². The van der Waals surface area contributed by atoms with Gasteiger partial charge in [-0.1, -0.05) is 30.3 Å². The van der Waals surface area contributed by atoms with E-state index < -0.39 is 0 Å². The van der Waals surface area contributed by atoms with E-state index in [9.17, 15) is 4.79 Å². The third-order valence-corrected chi connectivity index (χ3v) is 5.38. The SMILES string of the molecule is COC(=O)c1ccc(N2CCN(CCOCc3ccccc3)CC2)c(Br)c1. The Labute approximate surface area is 169 Å². The van der Waals surface area contributed by atoms with Crippen LogP contribution in [0.1, 0.15) is 15.9 Å². The van der Waals surface area contributed by atoms with Gasteiger partial charge in [0.25, 0.3) is 0 Å². The summed E-state index contributed by atoms with van der Waals surface area (Å²) in [6.45, 7) is 6.26. The number of hydrogen-bond donors (Lipinski definition) is 0. The molecule has 1 heterocycles. The van der Waals surface area contributed by atoms with E-state index in [0.29, 0.717) is 12.2 Å². The second kappa shape index (κ2) is 9.88. The predicted octanol–water partition coefficient (Wildman–Crippen LogP) is 3.57. The molecule has 0 amide bonds. The summed E-state index contributed by atoms with van der Waals surface area (Å²) < 4.78 is 11.5. The zero-order valence-electron chi connectivity index (χ0n) is 15.6. The quantitative estimate of drug-likeness (QED) is 0.494. The van der Waals surface area contributed by atoms with Crippen molar-refractivity contribution in [3.05, 3.63) is 64.1 Å². The van der Waals surface area contributed by atoms with Crippen molar-refractivity contribution in [3.63, 3.8) is 0 Å². The molecule has 3 rings (SSSR count). The average Bonchev–Trinajstić information content (AvgIpc) is 2.72. The standard InChI is InChI=1S/C21H25BrN2O3/c1-26-21(25)18-7-8-20(19(22)15-18)24-11-9-23(10-12-24)13-14-27-16-17-5-3-2-4-6-17/h2-8,15H,9-14,16H2,1H3. The lowest BCUT2D eigenvalue weighted by atomic mass is 10.2. The van der Waals surface area contributed by atoms with Gasteiger partial charge in [0.05, 0.1) is 31.6 Å². The van der Waals surface area contributed by atoms with Crippen LogP contribution in [-0.4, -0.2) is 57.3 Å². The van der Waals surface area contributed by atoms with Crippen molar-refractivity contribution in [2.45, 2.75) is 6.61 Å². The van der Waals surface area contributed by atoms with Crippen molar-refractivity contribution in [1.82, 2.24) is 4.90 Å². The lowest BCUT2D eigenvalue weighted by molar-refractivity contribution is 0.0600. The highest BCUT2D eigenvalue weighted by atomic mass is 79.9. The molecule has 1 saturated heterocycles. The normalized spacial score (nSPS) is 15.0. The zero-order chi connectivity index (χ0) is 19.1. The molecule has 2 aromatic rings. The predicted molar refractivity (Wildman–Crippen MR) is 110 cm³/mol. The van der Waals surface area contributed by atoms with Gasteiger partial charge in [-0.25, -0.2) is 4.79 Å². The van der Waals surface area contributed by atoms with Crippen LogP contribution in [0.5, 0.6) is 0 Å². The number of ether oxygens (including phenoxy) is 2. The Morgan fingerprint density at radius 1 is 1.07 bits per heavy atom. The Hall–Kier alpha value is -1.89. The van der Waals surface area contributed by atoms with Gasteiger partial charge in [-0.2, -0.15) is 0 Å². The van der Waals surface area contributed by atoms with Gasteiger partial charge in [0.2, 0.25) is 0 Å². The molecular formula is C21H25BrN2O3. The molecule has 1 aliphatic heterocycles. The summed E-state index contributed by atoms with van der Waals surface area (Å²) >= 11 is 3.59. The monoisotopic (exact) mass is 432 g/mol. The number of esters is 1. The number of hydrogen-bond acceptors (Lipinski definition) is 5. The summed E-state index contributed by atoms with van der Waals surface area (Å²) in [7, 11) is 1.40. The topological polar surface area (TPSA) is 42.0 Å². The van der Waals surface area contributed by atoms with Crippen LogP contribution in [0.15, 0.2) is 53.0 Å². The van der Waals surface area contributed by atoms with E-state index in [1.807, 2.05) is 36.4 Å². The highest BCUT2D eigenvalue weighted by Gasteiger charge is 2.19. The number of halogens is 1. The van der Waals surface area contributed by atoms with Crippen molar-refractivity contribution in [2.75, 3.05) is 51.3 Å². The Kier molecular flexibility index (Phi) is 7.26. The van der Waals surface area contributed by atoms with Crippen LogP contribution >= 0.6 is 15.9 Å². The zero-order valence-corrected chi connectivity index (χ0v) is 17.2. The number of rotatable bonds is 7. The molecule has 0 spiro atoms. The third kappa shape index (κ3) is 5.54. The van der Waals surface area contributed by atoms with Crippen molar-refractivity contribution in [1.29, 1.82) is 0 Å². The van der Waals surface area contributed by atoms with E-state index in [0.717, 1.165) is 49.5 Å². The van der Waals surface area contributed by atoms with Crippen LogP contribution in [0.25, 0.3) is 0 Å². The first kappa shape index (κ1) is 19.9. The third-order valence-electron chi connectivity index (χ3n) is 4.75. The summed E-state index contributed by atoms with van der Waals surface area (Å²) in [5, 5.41) is 0. The molecule has 0 aromatic heterocycles. The van der Waals surface area contributed by atoms with Gasteiger partial charge in [0.15, 0.2) is 0 Å². The smallest absolute Gasteiger partial charge is 0.337 e. The van der Waals surface area contributed by atoms with Crippen LogP contribution in [0.4, 0.5) is 5.69 Å². The first-order valence-corrected chi connectivity index (χ1v) is 9.93. The molecule has 2 aromatic carbocycles. The highest BCUT2D eigenvalue weighted by Crippen LogP contribution is 2.28. The molecular weight excluding hydrogens is 408 g/mol. The molecule has 1 aliphatic rings. The summed E-state index contributed by atoms with van der Waals surface area (Å²) in [6, 6.07) is 15.9. The van der Waals surface area contributed by atoms with Crippen LogP contribution in [0, 0.1) is 0 Å². The molecule has 5 nitrogen and oxygen atoms in total. The van der Waals surface area contributed by atoms with E-state index in [-0.39, 0.29) is 5.97 Å². The molecule has 144 valence electrons. The molecule has 0 aliphatic carbocycles. The van der Waals surface area contributed by atoms with Crippen LogP contribution in [0.2, 0.25) is 0 Å². The van der Waals surface area contributed by atoms with E-state index in [2.05, 4.69) is 37.9 Å². The summed E-state index contributed by atoms with van der Waals surface area (Å²) in [5.74, 6) is -0.317. The lowest BCUT2D eigenvalue weighted by Crippen LogP contribution is -2.47. The molecule has 0 radical (unpaired) electrons. The van der Waals surface area contributed by atoms with Crippen molar-refractivity contribution in [3.8, 4) is 0 Å². The Bertz CT molecular complexity index is 746. The van der Waals surface area contributed by atoms with Crippen LogP contribution < -0.4 is 4.90 Å². The van der Waals surface area contributed by atoms with Crippen LogP contribution in [0.3, 0.4) is 0 Å². The fourth-order valence-electron chi connectivity index (χ4n) is 3.18. The summed E-state index contributed by atoms with van der Waals surface area (Å²) in [4.78, 5) is 16.4. The number of carbonyl (C=O) groups is 1.